The first kappa shape index (κ1) is 15.8. The number of benzene rings is 2. The number of anilines is 2. The summed E-state index contributed by atoms with van der Waals surface area (Å²) in [6, 6.07) is 12.8. The maximum atomic E-state index is 12.1. The highest BCUT2D eigenvalue weighted by Gasteiger charge is 2.12. The monoisotopic (exact) mass is 345 g/mol. The van der Waals surface area contributed by atoms with Gasteiger partial charge in [-0.2, -0.15) is 0 Å². The van der Waals surface area contributed by atoms with Crippen molar-refractivity contribution in [1.29, 1.82) is 0 Å². The third kappa shape index (κ3) is 3.63. The van der Waals surface area contributed by atoms with Gasteiger partial charge in [-0.15, -0.1) is 0 Å². The number of halogens is 1. The Morgan fingerprint density at radius 2 is 1.96 bits per heavy atom. The Kier molecular flexibility index (Phi) is 4.50. The second kappa shape index (κ2) is 6.56. The van der Waals surface area contributed by atoms with Crippen LogP contribution in [0.2, 0.25) is 5.02 Å². The van der Waals surface area contributed by atoms with Crippen LogP contribution in [0.3, 0.4) is 0 Å². The zero-order valence-corrected chi connectivity index (χ0v) is 14.3. The van der Waals surface area contributed by atoms with E-state index in [1.165, 1.54) is 16.9 Å². The normalized spacial score (nSPS) is 11.0. The van der Waals surface area contributed by atoms with Gasteiger partial charge < -0.3 is 5.32 Å². The molecule has 6 heteroatoms. The number of urea groups is 1. The number of para-hydroxylation sites is 1. The minimum absolute atomic E-state index is 0.336. The third-order valence-electron chi connectivity index (χ3n) is 3.38. The molecular formula is C17H16ClN3OS. The van der Waals surface area contributed by atoms with Gasteiger partial charge in [0, 0.05) is 10.7 Å². The van der Waals surface area contributed by atoms with E-state index in [0.29, 0.717) is 21.8 Å². The largest absolute Gasteiger partial charge is 0.325 e. The summed E-state index contributed by atoms with van der Waals surface area (Å²) in [5.74, 6) is 0.383. The van der Waals surface area contributed by atoms with Crippen molar-refractivity contribution in [3.05, 3.63) is 53.1 Å². The second-order valence-corrected chi connectivity index (χ2v) is 6.92. The van der Waals surface area contributed by atoms with E-state index in [1.807, 2.05) is 12.1 Å². The fourth-order valence-electron chi connectivity index (χ4n) is 2.31. The Morgan fingerprint density at radius 3 is 2.70 bits per heavy atom. The lowest BCUT2D eigenvalue weighted by Gasteiger charge is -2.05. The molecule has 0 radical (unpaired) electrons. The van der Waals surface area contributed by atoms with Crippen LogP contribution in [0.15, 0.2) is 42.5 Å². The van der Waals surface area contributed by atoms with Gasteiger partial charge in [0.1, 0.15) is 0 Å². The summed E-state index contributed by atoms with van der Waals surface area (Å²) < 4.78 is 1.06. The van der Waals surface area contributed by atoms with Crippen molar-refractivity contribution in [2.24, 2.45) is 0 Å². The van der Waals surface area contributed by atoms with Crippen molar-refractivity contribution in [2.45, 2.75) is 19.8 Å². The molecule has 0 spiro atoms. The molecule has 0 aliphatic carbocycles. The molecular weight excluding hydrogens is 330 g/mol. The first-order valence-corrected chi connectivity index (χ1v) is 8.45. The highest BCUT2D eigenvalue weighted by Crippen LogP contribution is 2.31. The second-order valence-electron chi connectivity index (χ2n) is 5.46. The van der Waals surface area contributed by atoms with Crippen LogP contribution >= 0.6 is 22.9 Å². The number of thiazole rings is 1. The molecule has 3 rings (SSSR count). The Bertz CT molecular complexity index is 860. The number of carbonyl (C=O) groups is 1. The van der Waals surface area contributed by atoms with Crippen molar-refractivity contribution in [3.63, 3.8) is 0 Å². The summed E-state index contributed by atoms with van der Waals surface area (Å²) in [5, 5.41) is 6.67. The molecule has 2 N–H and O–H groups in total. The molecule has 1 heterocycles. The summed E-state index contributed by atoms with van der Waals surface area (Å²) in [6.45, 7) is 4.26. The Hall–Kier alpha value is -2.11. The summed E-state index contributed by atoms with van der Waals surface area (Å²) in [5.41, 5.74) is 2.77. The molecule has 2 amide bonds. The van der Waals surface area contributed by atoms with Crippen molar-refractivity contribution in [1.82, 2.24) is 4.98 Å². The van der Waals surface area contributed by atoms with Gasteiger partial charge in [0.25, 0.3) is 0 Å². The number of nitrogens with zero attached hydrogens (tertiary/aromatic N) is 1. The van der Waals surface area contributed by atoms with Crippen LogP contribution < -0.4 is 10.6 Å². The predicted octanol–water partition coefficient (Wildman–Crippen LogP) is 5.72. The van der Waals surface area contributed by atoms with Gasteiger partial charge in [-0.3, -0.25) is 5.32 Å². The number of nitrogens with one attached hydrogen (secondary N) is 2. The van der Waals surface area contributed by atoms with Crippen LogP contribution in [0.5, 0.6) is 0 Å². The summed E-state index contributed by atoms with van der Waals surface area (Å²) in [7, 11) is 0. The van der Waals surface area contributed by atoms with Crippen molar-refractivity contribution in [3.8, 4) is 0 Å². The van der Waals surface area contributed by atoms with Crippen LogP contribution in [-0.2, 0) is 0 Å². The van der Waals surface area contributed by atoms with Crippen LogP contribution in [0.1, 0.15) is 25.3 Å². The number of amides is 2. The van der Waals surface area contributed by atoms with E-state index < -0.39 is 0 Å². The van der Waals surface area contributed by atoms with E-state index in [0.717, 1.165) is 10.2 Å². The van der Waals surface area contributed by atoms with Crippen LogP contribution in [0.25, 0.3) is 10.2 Å². The summed E-state index contributed by atoms with van der Waals surface area (Å²) in [4.78, 5) is 16.6. The predicted molar refractivity (Wildman–Crippen MR) is 97.8 cm³/mol. The number of hydrogen-bond acceptors (Lipinski definition) is 3. The van der Waals surface area contributed by atoms with E-state index in [9.17, 15) is 4.79 Å². The topological polar surface area (TPSA) is 54.0 Å². The molecule has 1 aromatic heterocycles. The lowest BCUT2D eigenvalue weighted by molar-refractivity contribution is 0.262. The zero-order chi connectivity index (χ0) is 16.4. The van der Waals surface area contributed by atoms with Gasteiger partial charge in [0.2, 0.25) is 0 Å². The first-order valence-electron chi connectivity index (χ1n) is 7.26. The standard InChI is InChI=1S/C17H16ClN3OS/c1-10(2)13-7-4-8-14-15(13)20-17(23-14)21-16(22)19-12-6-3-5-11(18)9-12/h3-10H,1-2H3,(H2,19,20,21,22). The summed E-state index contributed by atoms with van der Waals surface area (Å²) in [6.07, 6.45) is 0. The van der Waals surface area contributed by atoms with Gasteiger partial charge in [-0.05, 0) is 35.7 Å². The van der Waals surface area contributed by atoms with Gasteiger partial charge in [0.05, 0.1) is 10.2 Å². The number of aromatic nitrogens is 1. The van der Waals surface area contributed by atoms with Crippen LogP contribution in [0.4, 0.5) is 15.6 Å². The maximum Gasteiger partial charge on any atom is 0.325 e. The molecule has 0 saturated heterocycles. The fourth-order valence-corrected chi connectivity index (χ4v) is 3.40. The van der Waals surface area contributed by atoms with Crippen molar-refractivity contribution < 1.29 is 4.79 Å². The SMILES string of the molecule is CC(C)c1cccc2sc(NC(=O)Nc3cccc(Cl)c3)nc12. The van der Waals surface area contributed by atoms with E-state index in [4.69, 9.17) is 11.6 Å². The molecule has 3 aromatic rings. The molecule has 4 nitrogen and oxygen atoms in total. The quantitative estimate of drug-likeness (QED) is 0.638. The highest BCUT2D eigenvalue weighted by atomic mass is 35.5. The third-order valence-corrected chi connectivity index (χ3v) is 4.55. The molecule has 0 atom stereocenters. The number of hydrogen-bond donors (Lipinski definition) is 2. The van der Waals surface area contributed by atoms with Crippen molar-refractivity contribution >= 4 is 50.0 Å². The van der Waals surface area contributed by atoms with Crippen molar-refractivity contribution in [2.75, 3.05) is 10.6 Å². The summed E-state index contributed by atoms with van der Waals surface area (Å²) >= 11 is 7.37. The average molecular weight is 346 g/mol. The molecule has 0 fully saturated rings. The molecule has 0 bridgehead atoms. The maximum absolute atomic E-state index is 12.1. The Balaban J connectivity index is 1.79. The Morgan fingerprint density at radius 1 is 1.17 bits per heavy atom. The molecule has 0 aliphatic rings. The lowest BCUT2D eigenvalue weighted by atomic mass is 10.0. The lowest BCUT2D eigenvalue weighted by Crippen LogP contribution is -2.19. The van der Waals surface area contributed by atoms with E-state index in [1.54, 1.807) is 24.3 Å². The van der Waals surface area contributed by atoms with Gasteiger partial charge >= 0.3 is 6.03 Å². The minimum Gasteiger partial charge on any atom is -0.308 e. The highest BCUT2D eigenvalue weighted by molar-refractivity contribution is 7.22. The molecule has 0 unspecified atom stereocenters. The fraction of sp³-hybridized carbons (Fsp3) is 0.176. The number of rotatable bonds is 3. The van der Waals surface area contributed by atoms with E-state index in [-0.39, 0.29) is 6.03 Å². The Labute approximate surface area is 143 Å². The molecule has 118 valence electrons. The molecule has 0 aliphatic heterocycles. The molecule has 23 heavy (non-hydrogen) atoms. The van der Waals surface area contributed by atoms with Crippen LogP contribution in [-0.4, -0.2) is 11.0 Å². The van der Waals surface area contributed by atoms with E-state index in [2.05, 4.69) is 35.5 Å². The van der Waals surface area contributed by atoms with E-state index >= 15 is 0 Å². The molecule has 0 saturated carbocycles. The number of carbonyl (C=O) groups excluding carboxylic acids is 1. The van der Waals surface area contributed by atoms with Gasteiger partial charge in [0.15, 0.2) is 5.13 Å². The van der Waals surface area contributed by atoms with Crippen LogP contribution in [0, 0.1) is 0 Å². The number of fused-ring (bicyclic) bond motifs is 1. The van der Waals surface area contributed by atoms with Gasteiger partial charge in [-0.25, -0.2) is 9.78 Å². The first-order chi connectivity index (χ1) is 11.0. The minimum atomic E-state index is -0.336. The van der Waals surface area contributed by atoms with Gasteiger partial charge in [-0.1, -0.05) is 55.0 Å². The molecule has 2 aromatic carbocycles. The smallest absolute Gasteiger partial charge is 0.308 e. The zero-order valence-electron chi connectivity index (χ0n) is 12.8. The average Bonchev–Trinajstić information content (AvgIpc) is 2.88.